The normalized spacial score (nSPS) is 15.4. The maximum Gasteiger partial charge on any atom is 0.108 e. The lowest BCUT2D eigenvalue weighted by atomic mass is 10.1. The minimum atomic E-state index is -1.06. The van der Waals surface area contributed by atoms with Crippen molar-refractivity contribution in [3.05, 3.63) is 29.0 Å². The Kier molecular flexibility index (Phi) is 3.62. The molecule has 13 heavy (non-hydrogen) atoms. The van der Waals surface area contributed by atoms with E-state index in [1.54, 1.807) is 6.07 Å². The lowest BCUT2D eigenvalue weighted by Gasteiger charge is -2.16. The molecular weight excluding hydrogens is 192 g/mol. The predicted molar refractivity (Wildman–Crippen MR) is 49.3 cm³/mol. The van der Waals surface area contributed by atoms with Crippen LogP contribution in [0.2, 0.25) is 5.02 Å². The molecule has 4 nitrogen and oxygen atoms in total. The number of rotatable bonds is 3. The SMILES string of the molecule is NCC(O)C(O)c1ccncc1Cl. The number of nitrogens with two attached hydrogens (primary N) is 1. The first kappa shape index (κ1) is 10.4. The highest BCUT2D eigenvalue weighted by Crippen LogP contribution is 2.23. The van der Waals surface area contributed by atoms with Gasteiger partial charge < -0.3 is 15.9 Å². The monoisotopic (exact) mass is 202 g/mol. The van der Waals surface area contributed by atoms with Gasteiger partial charge in [0.15, 0.2) is 0 Å². The minimum Gasteiger partial charge on any atom is -0.389 e. The molecule has 0 bridgehead atoms. The molecule has 0 saturated carbocycles. The number of hydrogen-bond acceptors (Lipinski definition) is 4. The number of aliphatic hydroxyl groups is 2. The quantitative estimate of drug-likeness (QED) is 0.649. The molecule has 0 aliphatic heterocycles. The van der Waals surface area contributed by atoms with Gasteiger partial charge in [0.25, 0.3) is 0 Å². The summed E-state index contributed by atoms with van der Waals surface area (Å²) in [5.74, 6) is 0. The van der Waals surface area contributed by atoms with E-state index >= 15 is 0 Å². The van der Waals surface area contributed by atoms with Crippen molar-refractivity contribution >= 4 is 11.6 Å². The molecule has 72 valence electrons. The summed E-state index contributed by atoms with van der Waals surface area (Å²) in [6.45, 7) is -0.0141. The highest BCUT2D eigenvalue weighted by Gasteiger charge is 2.18. The lowest BCUT2D eigenvalue weighted by Crippen LogP contribution is -2.27. The first-order chi connectivity index (χ1) is 6.16. The average molecular weight is 203 g/mol. The number of nitrogens with zero attached hydrogens (tertiary/aromatic N) is 1. The van der Waals surface area contributed by atoms with Gasteiger partial charge in [-0.3, -0.25) is 4.98 Å². The van der Waals surface area contributed by atoms with Crippen LogP contribution >= 0.6 is 11.6 Å². The molecule has 0 saturated heterocycles. The number of aliphatic hydroxyl groups excluding tert-OH is 2. The van der Waals surface area contributed by atoms with Crippen LogP contribution in [0.1, 0.15) is 11.7 Å². The largest absolute Gasteiger partial charge is 0.389 e. The summed E-state index contributed by atoms with van der Waals surface area (Å²) in [5, 5.41) is 19.1. The van der Waals surface area contributed by atoms with Gasteiger partial charge in [0, 0.05) is 24.5 Å². The zero-order valence-electron chi connectivity index (χ0n) is 6.89. The summed E-state index contributed by atoms with van der Waals surface area (Å²) in [5.41, 5.74) is 5.63. The molecule has 2 atom stereocenters. The van der Waals surface area contributed by atoms with Crippen molar-refractivity contribution in [1.82, 2.24) is 4.98 Å². The fourth-order valence-corrected chi connectivity index (χ4v) is 1.19. The zero-order chi connectivity index (χ0) is 9.84. The van der Waals surface area contributed by atoms with Crippen LogP contribution in [0.5, 0.6) is 0 Å². The molecule has 4 N–H and O–H groups in total. The first-order valence-electron chi connectivity index (χ1n) is 3.82. The maximum absolute atomic E-state index is 9.53. The second-order valence-electron chi connectivity index (χ2n) is 2.65. The van der Waals surface area contributed by atoms with E-state index in [1.165, 1.54) is 12.4 Å². The molecule has 5 heteroatoms. The molecule has 1 aromatic rings. The van der Waals surface area contributed by atoms with Crippen LogP contribution in [-0.2, 0) is 0 Å². The van der Waals surface area contributed by atoms with Crippen LogP contribution in [0.3, 0.4) is 0 Å². The third kappa shape index (κ3) is 2.38. The van der Waals surface area contributed by atoms with Crippen molar-refractivity contribution in [3.8, 4) is 0 Å². The van der Waals surface area contributed by atoms with E-state index in [0.717, 1.165) is 0 Å². The third-order valence-electron chi connectivity index (χ3n) is 1.73. The molecule has 0 radical (unpaired) electrons. The van der Waals surface area contributed by atoms with Crippen molar-refractivity contribution in [2.75, 3.05) is 6.54 Å². The summed E-state index contributed by atoms with van der Waals surface area (Å²) in [4.78, 5) is 3.76. The molecule has 0 fully saturated rings. The van der Waals surface area contributed by atoms with Crippen LogP contribution in [0.15, 0.2) is 18.5 Å². The Labute approximate surface area is 81.0 Å². The second kappa shape index (κ2) is 4.53. The average Bonchev–Trinajstić information content (AvgIpc) is 2.16. The van der Waals surface area contributed by atoms with Gasteiger partial charge in [0.1, 0.15) is 6.10 Å². The molecule has 0 aliphatic rings. The van der Waals surface area contributed by atoms with Crippen molar-refractivity contribution < 1.29 is 10.2 Å². The van der Waals surface area contributed by atoms with Crippen LogP contribution in [0.4, 0.5) is 0 Å². The lowest BCUT2D eigenvalue weighted by molar-refractivity contribution is 0.0243. The number of hydrogen-bond donors (Lipinski definition) is 3. The van der Waals surface area contributed by atoms with Crippen LogP contribution in [0.25, 0.3) is 0 Å². The fourth-order valence-electron chi connectivity index (χ4n) is 0.962. The van der Waals surface area contributed by atoms with Gasteiger partial charge in [-0.15, -0.1) is 0 Å². The van der Waals surface area contributed by atoms with E-state index in [2.05, 4.69) is 4.98 Å². The maximum atomic E-state index is 9.53. The Bertz CT molecular complexity index is 283. The Hall–Kier alpha value is -0.680. The molecule has 0 amide bonds. The highest BCUT2D eigenvalue weighted by molar-refractivity contribution is 6.31. The van der Waals surface area contributed by atoms with E-state index in [9.17, 15) is 10.2 Å². The van der Waals surface area contributed by atoms with Crippen molar-refractivity contribution in [2.24, 2.45) is 5.73 Å². The molecular formula is C8H11ClN2O2. The van der Waals surface area contributed by atoms with Crippen molar-refractivity contribution in [1.29, 1.82) is 0 Å². The van der Waals surface area contributed by atoms with E-state index in [4.69, 9.17) is 17.3 Å². The summed E-state index contributed by atoms with van der Waals surface area (Å²) in [6, 6.07) is 1.55. The first-order valence-corrected chi connectivity index (χ1v) is 4.20. The van der Waals surface area contributed by atoms with E-state index in [-0.39, 0.29) is 6.54 Å². The third-order valence-corrected chi connectivity index (χ3v) is 2.04. The molecule has 0 spiro atoms. The number of aromatic nitrogens is 1. The summed E-state index contributed by atoms with van der Waals surface area (Å²) < 4.78 is 0. The van der Waals surface area contributed by atoms with Crippen molar-refractivity contribution in [2.45, 2.75) is 12.2 Å². The van der Waals surface area contributed by atoms with Gasteiger partial charge in [-0.2, -0.15) is 0 Å². The smallest absolute Gasteiger partial charge is 0.108 e. The second-order valence-corrected chi connectivity index (χ2v) is 3.05. The van der Waals surface area contributed by atoms with Gasteiger partial charge >= 0.3 is 0 Å². The van der Waals surface area contributed by atoms with E-state index < -0.39 is 12.2 Å². The van der Waals surface area contributed by atoms with Gasteiger partial charge in [-0.05, 0) is 6.07 Å². The van der Waals surface area contributed by atoms with Crippen LogP contribution < -0.4 is 5.73 Å². The molecule has 1 rings (SSSR count). The highest BCUT2D eigenvalue weighted by atomic mass is 35.5. The summed E-state index contributed by atoms with van der Waals surface area (Å²) in [7, 11) is 0. The minimum absolute atomic E-state index is 0.0141. The Morgan fingerprint density at radius 1 is 1.54 bits per heavy atom. The fraction of sp³-hybridized carbons (Fsp3) is 0.375. The Morgan fingerprint density at radius 3 is 2.77 bits per heavy atom. The van der Waals surface area contributed by atoms with Gasteiger partial charge in [-0.25, -0.2) is 0 Å². The van der Waals surface area contributed by atoms with E-state index in [0.29, 0.717) is 10.6 Å². The summed E-state index contributed by atoms with van der Waals surface area (Å²) >= 11 is 5.75. The van der Waals surface area contributed by atoms with Crippen LogP contribution in [-0.4, -0.2) is 27.8 Å². The zero-order valence-corrected chi connectivity index (χ0v) is 7.65. The molecule has 0 aromatic carbocycles. The Balaban J connectivity index is 2.88. The van der Waals surface area contributed by atoms with Crippen molar-refractivity contribution in [3.63, 3.8) is 0 Å². The molecule has 0 aliphatic carbocycles. The van der Waals surface area contributed by atoms with Crippen LogP contribution in [0, 0.1) is 0 Å². The van der Waals surface area contributed by atoms with Gasteiger partial charge in [-0.1, -0.05) is 11.6 Å². The number of pyridine rings is 1. The van der Waals surface area contributed by atoms with Gasteiger partial charge in [0.05, 0.1) is 11.1 Å². The predicted octanol–water partition coefficient (Wildman–Crippen LogP) is 0.0880. The summed E-state index contributed by atoms with van der Waals surface area (Å²) in [6.07, 6.45) is 0.845. The Morgan fingerprint density at radius 2 is 2.23 bits per heavy atom. The molecule has 1 heterocycles. The number of halogens is 1. The van der Waals surface area contributed by atoms with Gasteiger partial charge in [0.2, 0.25) is 0 Å². The standard InChI is InChI=1S/C8H11ClN2O2/c9-6-4-11-2-1-5(6)8(13)7(12)3-10/h1-2,4,7-8,12-13H,3,10H2. The molecule has 2 unspecified atom stereocenters. The molecule has 1 aromatic heterocycles. The van der Waals surface area contributed by atoms with E-state index in [1.807, 2.05) is 0 Å². The topological polar surface area (TPSA) is 79.4 Å².